The SMILES string of the molecule is Cc1ccc(C(=O)NC(C)(C)c2c(C)noc2C)c(O)c1. The molecule has 5 heteroatoms. The van der Waals surface area contributed by atoms with Gasteiger partial charge in [-0.1, -0.05) is 11.2 Å². The van der Waals surface area contributed by atoms with E-state index in [1.54, 1.807) is 18.2 Å². The summed E-state index contributed by atoms with van der Waals surface area (Å²) in [6.07, 6.45) is 0. The Balaban J connectivity index is 2.30. The number of hydrogen-bond acceptors (Lipinski definition) is 4. The van der Waals surface area contributed by atoms with E-state index in [-0.39, 0.29) is 17.2 Å². The quantitative estimate of drug-likeness (QED) is 0.910. The summed E-state index contributed by atoms with van der Waals surface area (Å²) in [6.45, 7) is 9.26. The molecule has 5 nitrogen and oxygen atoms in total. The lowest BCUT2D eigenvalue weighted by molar-refractivity contribution is 0.0909. The van der Waals surface area contributed by atoms with Gasteiger partial charge < -0.3 is 14.9 Å². The minimum Gasteiger partial charge on any atom is -0.507 e. The number of nitrogens with one attached hydrogen (secondary N) is 1. The van der Waals surface area contributed by atoms with E-state index in [0.29, 0.717) is 5.76 Å². The standard InChI is InChI=1S/C16H20N2O3/c1-9-6-7-12(13(19)8-9)15(20)17-16(4,5)14-10(2)18-21-11(14)3/h6-8,19H,1-5H3,(H,17,20). The van der Waals surface area contributed by atoms with Crippen molar-refractivity contribution in [3.05, 3.63) is 46.3 Å². The highest BCUT2D eigenvalue weighted by molar-refractivity contribution is 5.97. The molecule has 0 aliphatic heterocycles. The maximum atomic E-state index is 12.4. The van der Waals surface area contributed by atoms with Gasteiger partial charge in [0.15, 0.2) is 0 Å². The molecule has 2 rings (SSSR count). The van der Waals surface area contributed by atoms with Crippen LogP contribution >= 0.6 is 0 Å². The average Bonchev–Trinajstić information content (AvgIpc) is 2.68. The van der Waals surface area contributed by atoms with Crippen LogP contribution in [-0.2, 0) is 5.54 Å². The zero-order valence-electron chi connectivity index (χ0n) is 12.9. The van der Waals surface area contributed by atoms with Gasteiger partial charge >= 0.3 is 0 Å². The van der Waals surface area contributed by atoms with Crippen LogP contribution in [0.1, 0.15) is 46.8 Å². The van der Waals surface area contributed by atoms with Crippen LogP contribution in [0.2, 0.25) is 0 Å². The largest absolute Gasteiger partial charge is 0.507 e. The summed E-state index contributed by atoms with van der Waals surface area (Å²) in [5.41, 5.74) is 2.09. The fraction of sp³-hybridized carbons (Fsp3) is 0.375. The summed E-state index contributed by atoms with van der Waals surface area (Å²) >= 11 is 0. The highest BCUT2D eigenvalue weighted by Crippen LogP contribution is 2.28. The molecule has 1 heterocycles. The first kappa shape index (κ1) is 15.1. The third kappa shape index (κ3) is 2.91. The fourth-order valence-corrected chi connectivity index (χ4v) is 2.62. The number of nitrogens with zero attached hydrogens (tertiary/aromatic N) is 1. The minimum absolute atomic E-state index is 0.0259. The van der Waals surface area contributed by atoms with Gasteiger partial charge in [0.25, 0.3) is 5.91 Å². The number of aromatic nitrogens is 1. The lowest BCUT2D eigenvalue weighted by Gasteiger charge is -2.26. The second kappa shape index (κ2) is 5.24. The van der Waals surface area contributed by atoms with E-state index in [1.165, 1.54) is 0 Å². The zero-order chi connectivity index (χ0) is 15.8. The third-order valence-corrected chi connectivity index (χ3v) is 3.48. The van der Waals surface area contributed by atoms with E-state index >= 15 is 0 Å². The van der Waals surface area contributed by atoms with Crippen LogP contribution in [0.3, 0.4) is 0 Å². The molecule has 0 saturated heterocycles. The molecule has 2 N–H and O–H groups in total. The Bertz CT molecular complexity index is 667. The van der Waals surface area contributed by atoms with Crippen molar-refractivity contribution in [2.24, 2.45) is 0 Å². The molecule has 2 aromatic rings. The van der Waals surface area contributed by atoms with Crippen molar-refractivity contribution in [2.45, 2.75) is 40.2 Å². The maximum absolute atomic E-state index is 12.4. The van der Waals surface area contributed by atoms with Crippen molar-refractivity contribution in [1.82, 2.24) is 10.5 Å². The third-order valence-electron chi connectivity index (χ3n) is 3.48. The molecule has 0 spiro atoms. The Morgan fingerprint density at radius 3 is 2.48 bits per heavy atom. The van der Waals surface area contributed by atoms with Crippen LogP contribution < -0.4 is 5.32 Å². The molecule has 0 radical (unpaired) electrons. The molecule has 1 amide bonds. The lowest BCUT2D eigenvalue weighted by atomic mass is 9.92. The molecule has 0 fully saturated rings. The number of hydrogen-bond donors (Lipinski definition) is 2. The molecule has 0 atom stereocenters. The second-order valence-electron chi connectivity index (χ2n) is 5.80. The summed E-state index contributed by atoms with van der Waals surface area (Å²) in [4.78, 5) is 12.4. The minimum atomic E-state index is -0.650. The van der Waals surface area contributed by atoms with Gasteiger partial charge in [-0.15, -0.1) is 0 Å². The topological polar surface area (TPSA) is 75.4 Å². The summed E-state index contributed by atoms with van der Waals surface area (Å²) in [7, 11) is 0. The van der Waals surface area contributed by atoms with Crippen molar-refractivity contribution in [1.29, 1.82) is 0 Å². The van der Waals surface area contributed by atoms with Gasteiger partial charge in [-0.2, -0.15) is 0 Å². The van der Waals surface area contributed by atoms with Crippen LogP contribution in [0.4, 0.5) is 0 Å². The Morgan fingerprint density at radius 1 is 1.29 bits per heavy atom. The van der Waals surface area contributed by atoms with E-state index in [1.807, 2.05) is 34.6 Å². The normalized spacial score (nSPS) is 11.5. The van der Waals surface area contributed by atoms with Crippen LogP contribution in [0.5, 0.6) is 5.75 Å². The predicted molar refractivity (Wildman–Crippen MR) is 79.3 cm³/mol. The average molecular weight is 288 g/mol. The number of phenolic OH excluding ortho intramolecular Hbond substituents is 1. The predicted octanol–water partition coefficient (Wildman–Crippen LogP) is 2.97. The summed E-state index contributed by atoms with van der Waals surface area (Å²) < 4.78 is 5.16. The van der Waals surface area contributed by atoms with E-state index in [0.717, 1.165) is 16.8 Å². The number of aryl methyl sites for hydroxylation is 3. The van der Waals surface area contributed by atoms with Crippen molar-refractivity contribution >= 4 is 5.91 Å². The lowest BCUT2D eigenvalue weighted by Crippen LogP contribution is -2.41. The summed E-state index contributed by atoms with van der Waals surface area (Å²) in [5.74, 6) is 0.311. The number of aromatic hydroxyl groups is 1. The van der Waals surface area contributed by atoms with Crippen LogP contribution in [0, 0.1) is 20.8 Å². The van der Waals surface area contributed by atoms with Gasteiger partial charge in [-0.05, 0) is 52.3 Å². The highest BCUT2D eigenvalue weighted by atomic mass is 16.5. The van der Waals surface area contributed by atoms with Crippen molar-refractivity contribution in [3.63, 3.8) is 0 Å². The molecule has 0 unspecified atom stereocenters. The number of carbonyl (C=O) groups excluding carboxylic acids is 1. The molecule has 1 aromatic carbocycles. The van der Waals surface area contributed by atoms with Gasteiger partial charge in [-0.3, -0.25) is 4.79 Å². The Hall–Kier alpha value is -2.30. The van der Waals surface area contributed by atoms with Gasteiger partial charge in [0.05, 0.1) is 16.8 Å². The van der Waals surface area contributed by atoms with Gasteiger partial charge in [0.2, 0.25) is 0 Å². The fourth-order valence-electron chi connectivity index (χ4n) is 2.62. The summed E-state index contributed by atoms with van der Waals surface area (Å²) in [6, 6.07) is 4.97. The maximum Gasteiger partial charge on any atom is 0.255 e. The molecule has 1 aromatic heterocycles. The first-order valence-corrected chi connectivity index (χ1v) is 6.78. The Kier molecular flexibility index (Phi) is 3.77. The van der Waals surface area contributed by atoms with Crippen molar-refractivity contribution in [3.8, 4) is 5.75 Å². The molecule has 21 heavy (non-hydrogen) atoms. The van der Waals surface area contributed by atoms with Crippen LogP contribution in [-0.4, -0.2) is 16.2 Å². The van der Waals surface area contributed by atoms with E-state index in [2.05, 4.69) is 10.5 Å². The Morgan fingerprint density at radius 2 is 1.95 bits per heavy atom. The smallest absolute Gasteiger partial charge is 0.255 e. The number of benzene rings is 1. The molecule has 0 aliphatic rings. The monoisotopic (exact) mass is 288 g/mol. The first-order chi connectivity index (χ1) is 9.72. The molecule has 0 bridgehead atoms. The Labute approximate surface area is 124 Å². The number of rotatable bonds is 3. The summed E-state index contributed by atoms with van der Waals surface area (Å²) in [5, 5.41) is 16.7. The molecule has 0 aliphatic carbocycles. The highest BCUT2D eigenvalue weighted by Gasteiger charge is 2.30. The number of amides is 1. The first-order valence-electron chi connectivity index (χ1n) is 6.78. The zero-order valence-corrected chi connectivity index (χ0v) is 12.9. The van der Waals surface area contributed by atoms with Gasteiger partial charge in [-0.25, -0.2) is 0 Å². The van der Waals surface area contributed by atoms with E-state index < -0.39 is 5.54 Å². The molecular formula is C16H20N2O3. The van der Waals surface area contributed by atoms with Crippen LogP contribution in [0.25, 0.3) is 0 Å². The molecular weight excluding hydrogens is 268 g/mol. The molecule has 0 saturated carbocycles. The van der Waals surface area contributed by atoms with E-state index in [4.69, 9.17) is 4.52 Å². The van der Waals surface area contributed by atoms with Crippen molar-refractivity contribution in [2.75, 3.05) is 0 Å². The van der Waals surface area contributed by atoms with Crippen LogP contribution in [0.15, 0.2) is 22.7 Å². The van der Waals surface area contributed by atoms with Crippen molar-refractivity contribution < 1.29 is 14.4 Å². The number of phenols is 1. The molecule has 112 valence electrons. The van der Waals surface area contributed by atoms with E-state index in [9.17, 15) is 9.90 Å². The number of carbonyl (C=O) groups is 1. The second-order valence-corrected chi connectivity index (χ2v) is 5.80. The van der Waals surface area contributed by atoms with Gasteiger partial charge in [0, 0.05) is 5.56 Å². The van der Waals surface area contributed by atoms with Gasteiger partial charge in [0.1, 0.15) is 11.5 Å².